The molecule has 0 spiro atoms. The van der Waals surface area contributed by atoms with Gasteiger partial charge < -0.3 is 14.3 Å². The third-order valence-electron chi connectivity index (χ3n) is 8.17. The number of aliphatic hydroxyl groups is 1. The number of aliphatic hydroxyl groups excluding tert-OH is 1. The Bertz CT molecular complexity index is 735. The van der Waals surface area contributed by atoms with Crippen molar-refractivity contribution in [3.8, 4) is 0 Å². The second-order valence-corrected chi connectivity index (χ2v) is 14.1. The quantitative estimate of drug-likeness (QED) is 0.513. The van der Waals surface area contributed by atoms with E-state index in [9.17, 15) is 5.11 Å². The van der Waals surface area contributed by atoms with Crippen LogP contribution in [0.4, 0.5) is 0 Å². The summed E-state index contributed by atoms with van der Waals surface area (Å²) >= 11 is 0. The van der Waals surface area contributed by atoms with Gasteiger partial charge >= 0.3 is 0 Å². The summed E-state index contributed by atoms with van der Waals surface area (Å²) in [4.78, 5) is 0. The maximum atomic E-state index is 10.9. The Hall–Kier alpha value is -0.943. The molecule has 1 aromatic rings. The minimum absolute atomic E-state index is 0.117. The second-order valence-electron chi connectivity index (χ2n) is 9.41. The number of rotatable bonds is 6. The molecule has 154 valence electrons. The molecule has 1 aliphatic carbocycles. The van der Waals surface area contributed by atoms with E-state index in [1.807, 2.05) is 6.07 Å². The maximum Gasteiger partial charge on any atom is 0.193 e. The van der Waals surface area contributed by atoms with Crippen LogP contribution in [-0.4, -0.2) is 31.2 Å². The zero-order chi connectivity index (χ0) is 20.2. The summed E-state index contributed by atoms with van der Waals surface area (Å²) in [5.74, 6) is 0.704. The molecule has 3 nitrogen and oxygen atoms in total. The van der Waals surface area contributed by atoms with Crippen molar-refractivity contribution in [2.24, 2.45) is 11.8 Å². The largest absolute Gasteiger partial charge is 0.408 e. The van der Waals surface area contributed by atoms with E-state index in [1.54, 1.807) is 0 Å². The van der Waals surface area contributed by atoms with Crippen LogP contribution in [0.3, 0.4) is 0 Å². The van der Waals surface area contributed by atoms with Crippen LogP contribution in [0.2, 0.25) is 18.1 Å². The lowest BCUT2D eigenvalue weighted by Crippen LogP contribution is -2.49. The lowest BCUT2D eigenvalue weighted by Gasteiger charge is -2.44. The first-order chi connectivity index (χ1) is 13.3. The summed E-state index contributed by atoms with van der Waals surface area (Å²) in [5.41, 5.74) is 1.78. The summed E-state index contributed by atoms with van der Waals surface area (Å²) < 4.78 is 13.8. The summed E-state index contributed by atoms with van der Waals surface area (Å²) in [6.07, 6.45) is 3.50. The molecule has 1 N–H and O–H groups in total. The third-order valence-corrected chi connectivity index (χ3v) is 12.9. The van der Waals surface area contributed by atoms with Crippen LogP contribution in [0.25, 0.3) is 0 Å². The van der Waals surface area contributed by atoms with Crippen LogP contribution >= 0.6 is 0 Å². The van der Waals surface area contributed by atoms with Gasteiger partial charge in [-0.1, -0.05) is 58.0 Å². The molecule has 1 saturated heterocycles. The Morgan fingerprint density at radius 1 is 1.14 bits per heavy atom. The average molecular weight is 401 g/mol. The Kier molecular flexibility index (Phi) is 5.14. The van der Waals surface area contributed by atoms with Crippen molar-refractivity contribution in [2.45, 2.75) is 89.0 Å². The van der Waals surface area contributed by atoms with Crippen LogP contribution in [0, 0.1) is 11.8 Å². The second kappa shape index (κ2) is 7.08. The van der Waals surface area contributed by atoms with E-state index in [0.717, 1.165) is 30.1 Å². The van der Waals surface area contributed by atoms with Gasteiger partial charge in [0, 0.05) is 12.3 Å². The van der Waals surface area contributed by atoms with E-state index in [2.05, 4.69) is 65.0 Å². The number of benzene rings is 1. The fourth-order valence-electron chi connectivity index (χ4n) is 6.00. The van der Waals surface area contributed by atoms with Crippen LogP contribution in [0.1, 0.15) is 53.0 Å². The van der Waals surface area contributed by atoms with Gasteiger partial charge in [0.05, 0.1) is 17.8 Å². The molecule has 4 heteroatoms. The van der Waals surface area contributed by atoms with Crippen molar-refractivity contribution < 1.29 is 14.3 Å². The first-order valence-corrected chi connectivity index (χ1v) is 13.7. The van der Waals surface area contributed by atoms with E-state index in [-0.39, 0.29) is 17.6 Å². The van der Waals surface area contributed by atoms with Gasteiger partial charge in [0.2, 0.25) is 0 Å². The van der Waals surface area contributed by atoms with Crippen molar-refractivity contribution >= 4 is 8.32 Å². The highest BCUT2D eigenvalue weighted by atomic mass is 28.4. The average Bonchev–Trinajstić information content (AvgIpc) is 3.14. The highest BCUT2D eigenvalue weighted by molar-refractivity contribution is 6.73. The highest BCUT2D eigenvalue weighted by Gasteiger charge is 2.61. The fourth-order valence-corrected chi connectivity index (χ4v) is 9.15. The SMILES string of the molecule is CC[Si](CC)(CC)OC1(C)C2=CC3(c4ccccc4)CC(O)C(O3)C2CC1C. The Balaban J connectivity index is 1.80. The van der Waals surface area contributed by atoms with E-state index < -0.39 is 20.0 Å². The number of hydrogen-bond acceptors (Lipinski definition) is 3. The van der Waals surface area contributed by atoms with Gasteiger partial charge in [0.1, 0.15) is 5.60 Å². The molecular formula is C24H36O3Si. The zero-order valence-corrected chi connectivity index (χ0v) is 19.1. The molecule has 0 aromatic heterocycles. The maximum absolute atomic E-state index is 10.9. The van der Waals surface area contributed by atoms with Crippen LogP contribution in [0.15, 0.2) is 42.0 Å². The monoisotopic (exact) mass is 400 g/mol. The highest BCUT2D eigenvalue weighted by Crippen LogP contribution is 2.59. The van der Waals surface area contributed by atoms with E-state index in [4.69, 9.17) is 9.16 Å². The molecule has 6 unspecified atom stereocenters. The van der Waals surface area contributed by atoms with Crippen molar-refractivity contribution in [2.75, 3.05) is 0 Å². The predicted molar refractivity (Wildman–Crippen MR) is 116 cm³/mol. The number of ether oxygens (including phenoxy) is 1. The van der Waals surface area contributed by atoms with Crippen molar-refractivity contribution in [1.82, 2.24) is 0 Å². The lowest BCUT2D eigenvalue weighted by molar-refractivity contribution is -0.0639. The number of fused-ring (bicyclic) bond motifs is 4. The smallest absolute Gasteiger partial charge is 0.193 e. The van der Waals surface area contributed by atoms with Gasteiger partial charge in [-0.2, -0.15) is 0 Å². The van der Waals surface area contributed by atoms with Crippen LogP contribution in [-0.2, 0) is 14.8 Å². The standard InChI is InChI=1S/C24H36O3Si/c1-6-28(7-2,8-3)27-23(5)17(4)14-19-20(23)15-24(16-21(25)22(19)26-24)18-12-10-9-11-13-18/h9-13,15,17,19,21-22,25H,6-8,14,16H2,1-5H3. The molecule has 0 amide bonds. The summed E-state index contributed by atoms with van der Waals surface area (Å²) in [5, 5.41) is 10.9. The minimum atomic E-state index is -1.76. The lowest BCUT2D eigenvalue weighted by atomic mass is 9.83. The van der Waals surface area contributed by atoms with Gasteiger partial charge in [-0.15, -0.1) is 0 Å². The Morgan fingerprint density at radius 3 is 2.39 bits per heavy atom. The van der Waals surface area contributed by atoms with E-state index in [0.29, 0.717) is 12.3 Å². The van der Waals surface area contributed by atoms with Crippen LogP contribution in [0.5, 0.6) is 0 Å². The van der Waals surface area contributed by atoms with Crippen molar-refractivity contribution in [1.29, 1.82) is 0 Å². The predicted octanol–water partition coefficient (Wildman–Crippen LogP) is 5.41. The zero-order valence-electron chi connectivity index (χ0n) is 18.1. The van der Waals surface area contributed by atoms with Gasteiger partial charge in [0.25, 0.3) is 0 Å². The molecule has 2 fully saturated rings. The topological polar surface area (TPSA) is 38.7 Å². The molecule has 4 rings (SSSR count). The molecule has 2 heterocycles. The van der Waals surface area contributed by atoms with Gasteiger partial charge in [0.15, 0.2) is 8.32 Å². The molecule has 6 atom stereocenters. The molecule has 3 aliphatic rings. The summed E-state index contributed by atoms with van der Waals surface area (Å²) in [6, 6.07) is 13.9. The molecular weight excluding hydrogens is 364 g/mol. The molecule has 0 radical (unpaired) electrons. The normalized spacial score (nSPS) is 39.7. The van der Waals surface area contributed by atoms with Crippen molar-refractivity contribution in [3.63, 3.8) is 0 Å². The first kappa shape index (κ1) is 20.3. The van der Waals surface area contributed by atoms with Gasteiger partial charge in [-0.3, -0.25) is 0 Å². The molecule has 2 aliphatic heterocycles. The fraction of sp³-hybridized carbons (Fsp3) is 0.667. The van der Waals surface area contributed by atoms with E-state index >= 15 is 0 Å². The molecule has 1 aromatic carbocycles. The summed E-state index contributed by atoms with van der Waals surface area (Å²) in [6.45, 7) is 11.6. The Labute approximate surface area is 171 Å². The van der Waals surface area contributed by atoms with Gasteiger partial charge in [-0.25, -0.2) is 0 Å². The number of hydrogen-bond donors (Lipinski definition) is 1. The van der Waals surface area contributed by atoms with Crippen molar-refractivity contribution in [3.05, 3.63) is 47.5 Å². The van der Waals surface area contributed by atoms with Gasteiger partial charge in [-0.05, 0) is 54.6 Å². The summed E-state index contributed by atoms with van der Waals surface area (Å²) in [7, 11) is -1.76. The molecule has 1 saturated carbocycles. The molecule has 2 bridgehead atoms. The van der Waals surface area contributed by atoms with E-state index in [1.165, 1.54) is 5.57 Å². The molecule has 28 heavy (non-hydrogen) atoms. The third kappa shape index (κ3) is 2.87. The Morgan fingerprint density at radius 2 is 1.79 bits per heavy atom. The van der Waals surface area contributed by atoms with Crippen LogP contribution < -0.4 is 0 Å². The first-order valence-electron chi connectivity index (χ1n) is 11.2. The minimum Gasteiger partial charge on any atom is -0.408 e.